The van der Waals surface area contributed by atoms with Gasteiger partial charge in [-0.25, -0.2) is 0 Å². The summed E-state index contributed by atoms with van der Waals surface area (Å²) in [5, 5.41) is 16.4. The van der Waals surface area contributed by atoms with E-state index in [4.69, 9.17) is 16.0 Å². The maximum Gasteiger partial charge on any atom is 0.253 e. The van der Waals surface area contributed by atoms with E-state index in [0.29, 0.717) is 34.9 Å². The number of hydrogen-bond donors (Lipinski definition) is 2. The number of nitrogens with zero attached hydrogens (tertiary/aromatic N) is 3. The third kappa shape index (κ3) is 8.37. The van der Waals surface area contributed by atoms with Crippen LogP contribution in [0.1, 0.15) is 51.3 Å². The number of piperazine rings is 1. The number of carbonyl (C=O) groups is 1. The number of hydrogen-bond acceptors (Lipinski definition) is 6. The van der Waals surface area contributed by atoms with Crippen molar-refractivity contribution in [2.45, 2.75) is 38.9 Å². The minimum absolute atomic E-state index is 0.129. The molecule has 1 saturated heterocycles. The summed E-state index contributed by atoms with van der Waals surface area (Å²) in [7, 11) is 2.13. The van der Waals surface area contributed by atoms with Crippen LogP contribution < -0.4 is 10.6 Å². The molecule has 2 N–H and O–H groups in total. The first-order valence-corrected chi connectivity index (χ1v) is 15.5. The molecule has 44 heavy (non-hydrogen) atoms. The minimum Gasteiger partial charge on any atom is -0.460 e. The second-order valence-corrected chi connectivity index (χ2v) is 12.2. The Morgan fingerprint density at radius 3 is 2.43 bits per heavy atom. The van der Waals surface area contributed by atoms with Crippen molar-refractivity contribution in [3.63, 3.8) is 0 Å². The van der Waals surface area contributed by atoms with Gasteiger partial charge < -0.3 is 20.0 Å². The molecule has 2 heterocycles. The summed E-state index contributed by atoms with van der Waals surface area (Å²) in [4.78, 5) is 18.4. The largest absolute Gasteiger partial charge is 0.460 e. The van der Waals surface area contributed by atoms with Crippen molar-refractivity contribution in [3.05, 3.63) is 117 Å². The van der Waals surface area contributed by atoms with E-state index in [1.807, 2.05) is 42.5 Å². The van der Waals surface area contributed by atoms with Crippen molar-refractivity contribution in [1.29, 1.82) is 5.26 Å². The van der Waals surface area contributed by atoms with Gasteiger partial charge in [-0.15, -0.1) is 0 Å². The molecule has 1 aromatic heterocycles. The Kier molecular flexibility index (Phi) is 10.5. The fourth-order valence-corrected chi connectivity index (χ4v) is 5.68. The van der Waals surface area contributed by atoms with Gasteiger partial charge in [0.25, 0.3) is 5.91 Å². The van der Waals surface area contributed by atoms with Crippen LogP contribution in [0, 0.1) is 18.3 Å². The Morgan fingerprint density at radius 2 is 1.73 bits per heavy atom. The smallest absolute Gasteiger partial charge is 0.253 e. The highest BCUT2D eigenvalue weighted by Gasteiger charge is 2.22. The highest BCUT2D eigenvalue weighted by Crippen LogP contribution is 2.28. The van der Waals surface area contributed by atoms with Crippen molar-refractivity contribution < 1.29 is 9.21 Å². The zero-order valence-electron chi connectivity index (χ0n) is 25.6. The number of halogens is 1. The Morgan fingerprint density at radius 1 is 1.00 bits per heavy atom. The van der Waals surface area contributed by atoms with Gasteiger partial charge in [-0.05, 0) is 80.9 Å². The van der Waals surface area contributed by atoms with Crippen LogP contribution in [0.4, 0.5) is 0 Å². The summed E-state index contributed by atoms with van der Waals surface area (Å²) in [5.41, 5.74) is 5.35. The third-order valence-electron chi connectivity index (χ3n) is 8.29. The van der Waals surface area contributed by atoms with Crippen LogP contribution in [0.2, 0.25) is 5.02 Å². The van der Waals surface area contributed by atoms with E-state index in [-0.39, 0.29) is 18.0 Å². The molecule has 4 aromatic rings. The van der Waals surface area contributed by atoms with E-state index in [9.17, 15) is 10.1 Å². The average Bonchev–Trinajstić information content (AvgIpc) is 3.51. The molecule has 2 unspecified atom stereocenters. The van der Waals surface area contributed by atoms with Crippen molar-refractivity contribution in [2.75, 3.05) is 39.8 Å². The molecule has 5 rings (SSSR count). The number of benzene rings is 3. The number of nitriles is 1. The van der Waals surface area contributed by atoms with E-state index in [1.54, 1.807) is 12.1 Å². The normalized spacial score (nSPS) is 15.4. The van der Waals surface area contributed by atoms with Crippen LogP contribution in [0.15, 0.2) is 83.3 Å². The lowest BCUT2D eigenvalue weighted by Gasteiger charge is -2.35. The fraction of sp³-hybridized carbons (Fsp3) is 0.333. The van der Waals surface area contributed by atoms with Gasteiger partial charge in [0.05, 0.1) is 28.8 Å². The molecule has 2 atom stereocenters. The number of rotatable bonds is 11. The summed E-state index contributed by atoms with van der Waals surface area (Å²) in [6, 6.07) is 27.6. The highest BCUT2D eigenvalue weighted by atomic mass is 35.5. The molecule has 0 bridgehead atoms. The van der Waals surface area contributed by atoms with E-state index in [0.717, 1.165) is 49.6 Å². The first-order chi connectivity index (χ1) is 21.3. The predicted octanol–water partition coefficient (Wildman–Crippen LogP) is 6.22. The SMILES string of the molecule is Cc1ccc(C(C)NCc2ccc(-c3ccc(Cl)c(C(=O)NC(Cc4ccc(C#N)cc4)CN4CCN(C)CC4)c3)o2)cc1. The first kappa shape index (κ1) is 31.5. The molecule has 3 aromatic carbocycles. The fourth-order valence-electron chi connectivity index (χ4n) is 5.47. The van der Waals surface area contributed by atoms with Gasteiger partial charge in [0.1, 0.15) is 11.5 Å². The van der Waals surface area contributed by atoms with Crippen LogP contribution in [0.25, 0.3) is 11.3 Å². The molecular weight excluding hydrogens is 570 g/mol. The lowest BCUT2D eigenvalue weighted by Crippen LogP contribution is -2.51. The van der Waals surface area contributed by atoms with Crippen molar-refractivity contribution in [1.82, 2.24) is 20.4 Å². The van der Waals surface area contributed by atoms with Crippen LogP contribution >= 0.6 is 11.6 Å². The second kappa shape index (κ2) is 14.7. The summed E-state index contributed by atoms with van der Waals surface area (Å²) in [6.07, 6.45) is 0.649. The molecule has 228 valence electrons. The van der Waals surface area contributed by atoms with Crippen molar-refractivity contribution >= 4 is 17.5 Å². The van der Waals surface area contributed by atoms with Crippen LogP contribution in [0.3, 0.4) is 0 Å². The Balaban J connectivity index is 1.27. The lowest BCUT2D eigenvalue weighted by atomic mass is 10.0. The topological polar surface area (TPSA) is 84.5 Å². The zero-order chi connectivity index (χ0) is 31.1. The molecule has 7 nitrogen and oxygen atoms in total. The van der Waals surface area contributed by atoms with Gasteiger partial charge in [0, 0.05) is 50.4 Å². The molecule has 0 spiro atoms. The monoisotopic (exact) mass is 609 g/mol. The molecule has 0 radical (unpaired) electrons. The maximum atomic E-state index is 13.7. The first-order valence-electron chi connectivity index (χ1n) is 15.2. The maximum absolute atomic E-state index is 13.7. The van der Waals surface area contributed by atoms with Gasteiger partial charge in [-0.2, -0.15) is 5.26 Å². The summed E-state index contributed by atoms with van der Waals surface area (Å²) >= 11 is 6.57. The van der Waals surface area contributed by atoms with Gasteiger partial charge in [0.15, 0.2) is 0 Å². The molecular formula is C36H40ClN5O2. The Hall–Kier alpha value is -3.93. The molecule has 0 aliphatic carbocycles. The van der Waals surface area contributed by atoms with Crippen LogP contribution in [0.5, 0.6) is 0 Å². The third-order valence-corrected chi connectivity index (χ3v) is 8.62. The average molecular weight is 610 g/mol. The van der Waals surface area contributed by atoms with Gasteiger partial charge in [-0.3, -0.25) is 9.69 Å². The van der Waals surface area contributed by atoms with E-state index in [1.165, 1.54) is 11.1 Å². The van der Waals surface area contributed by atoms with E-state index < -0.39 is 0 Å². The number of furan rings is 1. The van der Waals surface area contributed by atoms with Crippen LogP contribution in [-0.4, -0.2) is 61.5 Å². The van der Waals surface area contributed by atoms with Gasteiger partial charge in [-0.1, -0.05) is 53.6 Å². The number of likely N-dealkylation sites (N-methyl/N-ethyl adjacent to an activating group) is 1. The highest BCUT2D eigenvalue weighted by molar-refractivity contribution is 6.34. The van der Waals surface area contributed by atoms with E-state index in [2.05, 4.69) is 71.7 Å². The van der Waals surface area contributed by atoms with Crippen molar-refractivity contribution in [2.24, 2.45) is 0 Å². The van der Waals surface area contributed by atoms with Crippen LogP contribution in [-0.2, 0) is 13.0 Å². The zero-order valence-corrected chi connectivity index (χ0v) is 26.4. The Bertz CT molecular complexity index is 1580. The molecule has 1 aliphatic heterocycles. The Labute approximate surface area is 265 Å². The summed E-state index contributed by atoms with van der Waals surface area (Å²) in [5.74, 6) is 1.28. The number of carbonyl (C=O) groups excluding carboxylic acids is 1. The predicted molar refractivity (Wildman–Crippen MR) is 176 cm³/mol. The molecule has 1 fully saturated rings. The van der Waals surface area contributed by atoms with Crippen molar-refractivity contribution in [3.8, 4) is 17.4 Å². The number of aryl methyl sites for hydroxylation is 1. The molecule has 8 heteroatoms. The molecule has 0 saturated carbocycles. The lowest BCUT2D eigenvalue weighted by molar-refractivity contribution is 0.0907. The summed E-state index contributed by atoms with van der Waals surface area (Å²) in [6.45, 7) is 9.43. The van der Waals surface area contributed by atoms with E-state index >= 15 is 0 Å². The quantitative estimate of drug-likeness (QED) is 0.210. The second-order valence-electron chi connectivity index (χ2n) is 11.8. The molecule has 1 amide bonds. The van der Waals surface area contributed by atoms with Gasteiger partial charge in [0.2, 0.25) is 0 Å². The minimum atomic E-state index is -0.218. The molecule has 1 aliphatic rings. The van der Waals surface area contributed by atoms with Gasteiger partial charge >= 0.3 is 0 Å². The number of amides is 1. The number of nitrogens with one attached hydrogen (secondary N) is 2. The summed E-state index contributed by atoms with van der Waals surface area (Å²) < 4.78 is 6.17. The standard InChI is InChI=1S/C36H40ClN5O2/c1-25-4-10-29(11-5-25)26(2)39-23-32-13-15-35(44-32)30-12-14-34(37)33(21-30)36(43)40-31(24-42-18-16-41(3)17-19-42)20-27-6-8-28(22-38)9-7-27/h4-15,21,26,31,39H,16-20,23-24H2,1-3H3,(H,40,43).